The minimum Gasteiger partial charge on any atom is -0.338 e. The first-order chi connectivity index (χ1) is 17.0. The highest BCUT2D eigenvalue weighted by atomic mass is 32.2. The molecule has 10 nitrogen and oxygen atoms in total. The average molecular weight is 510 g/mol. The molecule has 2 aromatic heterocycles. The smallest absolute Gasteiger partial charge is 0.261 e. The number of nitrogens with two attached hydrogens (primary N) is 1. The fourth-order valence-corrected chi connectivity index (χ4v) is 7.40. The van der Waals surface area contributed by atoms with Crippen molar-refractivity contribution in [3.63, 3.8) is 0 Å². The summed E-state index contributed by atoms with van der Waals surface area (Å²) in [5.41, 5.74) is 6.74. The third-order valence-electron chi connectivity index (χ3n) is 7.38. The molecule has 0 spiro atoms. The van der Waals surface area contributed by atoms with Crippen molar-refractivity contribution in [1.82, 2.24) is 19.1 Å². The van der Waals surface area contributed by atoms with Crippen molar-refractivity contribution in [3.05, 3.63) is 46.4 Å². The van der Waals surface area contributed by atoms with Crippen LogP contribution >= 0.6 is 0 Å². The van der Waals surface area contributed by atoms with E-state index in [2.05, 4.69) is 16.4 Å². The van der Waals surface area contributed by atoms with E-state index < -0.39 is 21.1 Å². The first-order valence-corrected chi connectivity index (χ1v) is 13.6. The second-order valence-electron chi connectivity index (χ2n) is 10.9. The van der Waals surface area contributed by atoms with Gasteiger partial charge in [-0.3, -0.25) is 9.48 Å². The van der Waals surface area contributed by atoms with E-state index in [1.54, 1.807) is 30.5 Å². The van der Waals surface area contributed by atoms with Crippen LogP contribution in [0, 0.1) is 11.3 Å². The SMILES string of the molecule is CC(C)(C)N1Cc2cc(Nc3nn(C4(CC#N)CCC(N)CC4)c4cc[nH]c(=O)c34)ccc2S1(=O)=O. The van der Waals surface area contributed by atoms with Gasteiger partial charge in [0.25, 0.3) is 5.56 Å². The maximum atomic E-state index is 13.0. The van der Waals surface area contributed by atoms with E-state index in [1.165, 1.54) is 4.31 Å². The van der Waals surface area contributed by atoms with Gasteiger partial charge < -0.3 is 16.0 Å². The van der Waals surface area contributed by atoms with Crippen LogP contribution in [0.3, 0.4) is 0 Å². The molecule has 1 aliphatic heterocycles. The number of sulfonamides is 1. The molecule has 2 aliphatic rings. The quantitative estimate of drug-likeness (QED) is 0.488. The highest BCUT2D eigenvalue weighted by molar-refractivity contribution is 7.89. The van der Waals surface area contributed by atoms with E-state index in [0.717, 1.165) is 12.8 Å². The molecule has 0 unspecified atom stereocenters. The van der Waals surface area contributed by atoms with Gasteiger partial charge in [-0.2, -0.15) is 14.7 Å². The monoisotopic (exact) mass is 509 g/mol. The molecular formula is C25H31N7O3S. The zero-order valence-electron chi connectivity index (χ0n) is 20.7. The van der Waals surface area contributed by atoms with Crippen LogP contribution in [-0.4, -0.2) is 39.1 Å². The number of aromatic amines is 1. The third kappa shape index (κ3) is 3.89. The predicted octanol–water partition coefficient (Wildman–Crippen LogP) is 3.28. The number of hydrogen-bond donors (Lipinski definition) is 3. The normalized spacial score (nSPS) is 23.9. The number of hydrogen-bond acceptors (Lipinski definition) is 7. The Kier molecular flexibility index (Phi) is 5.74. The molecule has 36 heavy (non-hydrogen) atoms. The summed E-state index contributed by atoms with van der Waals surface area (Å²) in [4.78, 5) is 15.9. The lowest BCUT2D eigenvalue weighted by atomic mass is 9.77. The van der Waals surface area contributed by atoms with Crippen molar-refractivity contribution in [2.75, 3.05) is 5.32 Å². The largest absolute Gasteiger partial charge is 0.338 e. The number of aromatic nitrogens is 3. The standard InChI is InChI=1S/C25H31N7O3S/c1-24(2,3)31-15-16-14-18(4-5-20(16)36(31,34)35)29-22-21-19(8-13-28-23(21)33)32(30-22)25(11-12-26)9-6-17(27)7-10-25/h4-5,8,13-14,17H,6-7,9-11,15,27H2,1-3H3,(H,28,33)(H,29,30). The number of anilines is 2. The Morgan fingerprint density at radius 1 is 1.28 bits per heavy atom. The summed E-state index contributed by atoms with van der Waals surface area (Å²) in [7, 11) is -3.57. The molecule has 190 valence electrons. The third-order valence-corrected chi connectivity index (χ3v) is 9.59. The Balaban J connectivity index is 1.58. The molecule has 1 aromatic carbocycles. The fourth-order valence-electron chi connectivity index (χ4n) is 5.44. The van der Waals surface area contributed by atoms with Crippen LogP contribution in [0.15, 0.2) is 40.2 Å². The molecule has 4 N–H and O–H groups in total. The molecule has 0 radical (unpaired) electrons. The Labute approximate surface area is 210 Å². The average Bonchev–Trinajstić information content (AvgIpc) is 3.31. The second-order valence-corrected chi connectivity index (χ2v) is 12.7. The van der Waals surface area contributed by atoms with Crippen molar-refractivity contribution in [2.45, 2.75) is 81.4 Å². The van der Waals surface area contributed by atoms with Crippen molar-refractivity contribution in [3.8, 4) is 6.07 Å². The Morgan fingerprint density at radius 3 is 2.67 bits per heavy atom. The first-order valence-electron chi connectivity index (χ1n) is 12.1. The van der Waals surface area contributed by atoms with Gasteiger partial charge in [0, 0.05) is 30.0 Å². The van der Waals surface area contributed by atoms with Crippen LogP contribution in [0.2, 0.25) is 0 Å². The molecule has 0 amide bonds. The molecule has 0 saturated heterocycles. The summed E-state index contributed by atoms with van der Waals surface area (Å²) in [6.07, 6.45) is 4.80. The lowest BCUT2D eigenvalue weighted by Gasteiger charge is -2.38. The lowest BCUT2D eigenvalue weighted by molar-refractivity contribution is 0.173. The highest BCUT2D eigenvalue weighted by Gasteiger charge is 2.41. The summed E-state index contributed by atoms with van der Waals surface area (Å²) in [5.74, 6) is 0.368. The number of H-pyrrole nitrogens is 1. The Hall–Kier alpha value is -3.20. The molecule has 1 saturated carbocycles. The molecule has 11 heteroatoms. The molecule has 1 aliphatic carbocycles. The maximum Gasteiger partial charge on any atom is 0.261 e. The predicted molar refractivity (Wildman–Crippen MR) is 137 cm³/mol. The summed E-state index contributed by atoms with van der Waals surface area (Å²) >= 11 is 0. The Bertz CT molecular complexity index is 1530. The van der Waals surface area contributed by atoms with Gasteiger partial charge in [-0.25, -0.2) is 8.42 Å². The van der Waals surface area contributed by atoms with Crippen molar-refractivity contribution in [2.24, 2.45) is 5.73 Å². The van der Waals surface area contributed by atoms with Crippen molar-refractivity contribution >= 4 is 32.4 Å². The van der Waals surface area contributed by atoms with Crippen LogP contribution in [0.4, 0.5) is 11.5 Å². The van der Waals surface area contributed by atoms with Crippen LogP contribution in [0.5, 0.6) is 0 Å². The summed E-state index contributed by atoms with van der Waals surface area (Å²) < 4.78 is 29.4. The van der Waals surface area contributed by atoms with Gasteiger partial charge in [0.05, 0.1) is 28.4 Å². The molecule has 5 rings (SSSR count). The Morgan fingerprint density at radius 2 is 2.00 bits per heavy atom. The zero-order chi connectivity index (χ0) is 25.9. The number of nitrogens with zero attached hydrogens (tertiary/aromatic N) is 4. The lowest BCUT2D eigenvalue weighted by Crippen LogP contribution is -2.41. The summed E-state index contributed by atoms with van der Waals surface area (Å²) in [6.45, 7) is 5.89. The van der Waals surface area contributed by atoms with Gasteiger partial charge in [0.2, 0.25) is 10.0 Å². The van der Waals surface area contributed by atoms with E-state index in [1.807, 2.05) is 25.5 Å². The molecule has 3 heterocycles. The van der Waals surface area contributed by atoms with Gasteiger partial charge in [-0.15, -0.1) is 0 Å². The number of nitrogens with one attached hydrogen (secondary N) is 2. The van der Waals surface area contributed by atoms with Crippen molar-refractivity contribution in [1.29, 1.82) is 5.26 Å². The van der Waals surface area contributed by atoms with E-state index in [9.17, 15) is 18.5 Å². The number of benzene rings is 1. The molecule has 0 bridgehead atoms. The number of pyridine rings is 1. The number of rotatable bonds is 4. The van der Waals surface area contributed by atoms with Crippen molar-refractivity contribution < 1.29 is 8.42 Å². The maximum absolute atomic E-state index is 13.0. The van der Waals surface area contributed by atoms with Gasteiger partial charge in [-0.1, -0.05) is 0 Å². The molecule has 1 fully saturated rings. The van der Waals surface area contributed by atoms with Gasteiger partial charge in [-0.05, 0) is 76.3 Å². The second kappa shape index (κ2) is 8.44. The molecular weight excluding hydrogens is 478 g/mol. The van der Waals surface area contributed by atoms with Crippen LogP contribution < -0.4 is 16.6 Å². The number of fused-ring (bicyclic) bond motifs is 2. The summed E-state index contributed by atoms with van der Waals surface area (Å²) in [6, 6.07) is 9.30. The topological polar surface area (TPSA) is 150 Å². The van der Waals surface area contributed by atoms with Crippen LogP contribution in [0.1, 0.15) is 58.4 Å². The van der Waals surface area contributed by atoms with Gasteiger partial charge >= 0.3 is 0 Å². The molecule has 3 aromatic rings. The minimum atomic E-state index is -3.57. The fraction of sp³-hybridized carbons (Fsp3) is 0.480. The van der Waals surface area contributed by atoms with E-state index in [4.69, 9.17) is 10.8 Å². The van der Waals surface area contributed by atoms with E-state index >= 15 is 0 Å². The van der Waals surface area contributed by atoms with E-state index in [-0.39, 0.29) is 24.6 Å². The minimum absolute atomic E-state index is 0.0926. The first kappa shape index (κ1) is 24.5. The van der Waals surface area contributed by atoms with Gasteiger partial charge in [0.15, 0.2) is 5.82 Å². The molecule has 0 atom stereocenters. The van der Waals surface area contributed by atoms with Crippen LogP contribution in [-0.2, 0) is 22.1 Å². The van der Waals surface area contributed by atoms with E-state index in [0.29, 0.717) is 45.7 Å². The van der Waals surface area contributed by atoms with Gasteiger partial charge in [0.1, 0.15) is 5.39 Å². The van der Waals surface area contributed by atoms with Crippen LogP contribution in [0.25, 0.3) is 10.9 Å². The zero-order valence-corrected chi connectivity index (χ0v) is 21.5. The summed E-state index contributed by atoms with van der Waals surface area (Å²) in [5, 5.41) is 18.1. The highest BCUT2D eigenvalue weighted by Crippen LogP contribution is 2.41. The number of nitriles is 1.